The SMILES string of the molecule is C=N/C=C(\C=C(/C)F)C(=O)Nc1cc(Cl)cc(CN2CCN(C(=O)OC(C)(C)C)[C@@H](C)C2)c1C. The Hall–Kier alpha value is -2.71. The van der Waals surface area contributed by atoms with Crippen molar-refractivity contribution in [3.8, 4) is 0 Å². The summed E-state index contributed by atoms with van der Waals surface area (Å²) in [6.07, 6.45) is 1.99. The van der Waals surface area contributed by atoms with Crippen molar-refractivity contribution in [1.29, 1.82) is 0 Å². The molecule has 0 saturated carbocycles. The fourth-order valence-electron chi connectivity index (χ4n) is 3.71. The fourth-order valence-corrected chi connectivity index (χ4v) is 3.95. The first kappa shape index (κ1) is 27.5. The number of carbonyl (C=O) groups is 2. The number of piperazine rings is 1. The van der Waals surface area contributed by atoms with E-state index in [9.17, 15) is 14.0 Å². The van der Waals surface area contributed by atoms with Crippen LogP contribution in [0.5, 0.6) is 0 Å². The van der Waals surface area contributed by atoms with Gasteiger partial charge in [0.25, 0.3) is 5.91 Å². The normalized spacial score (nSPS) is 18.0. The molecule has 0 unspecified atom stereocenters. The number of amides is 2. The number of anilines is 1. The summed E-state index contributed by atoms with van der Waals surface area (Å²) < 4.78 is 18.9. The van der Waals surface area contributed by atoms with Gasteiger partial charge in [0.2, 0.25) is 0 Å². The molecule has 186 valence electrons. The van der Waals surface area contributed by atoms with Crippen molar-refractivity contribution >= 4 is 36.0 Å². The summed E-state index contributed by atoms with van der Waals surface area (Å²) in [5.41, 5.74) is 1.84. The van der Waals surface area contributed by atoms with E-state index in [-0.39, 0.29) is 17.7 Å². The van der Waals surface area contributed by atoms with Crippen LogP contribution in [0.4, 0.5) is 14.9 Å². The number of hydrogen-bond donors (Lipinski definition) is 1. The fraction of sp³-hybridized carbons (Fsp3) is 0.480. The molecule has 9 heteroatoms. The van der Waals surface area contributed by atoms with Gasteiger partial charge in [0, 0.05) is 49.1 Å². The molecule has 1 aliphatic heterocycles. The standard InChI is InChI=1S/C25H34ClFN4O3/c1-16(27)10-19(13-28-7)23(32)29-22-12-21(26)11-20(18(22)3)15-30-8-9-31(17(2)14-30)24(33)34-25(4,5)6/h10-13,17H,7-9,14-15H2,1-6H3,(H,29,32)/b16-10+,19-13+/t17-/m0/s1. The Bertz CT molecular complexity index is 997. The van der Waals surface area contributed by atoms with Gasteiger partial charge in [-0.25, -0.2) is 9.18 Å². The number of carbonyl (C=O) groups excluding carboxylic acids is 2. The molecule has 1 fully saturated rings. The number of allylic oxidation sites excluding steroid dienone is 1. The average Bonchev–Trinajstić information content (AvgIpc) is 2.69. The molecule has 0 radical (unpaired) electrons. The summed E-state index contributed by atoms with van der Waals surface area (Å²) in [5, 5.41) is 3.27. The molecule has 0 aliphatic carbocycles. The largest absolute Gasteiger partial charge is 0.444 e. The molecule has 1 heterocycles. The van der Waals surface area contributed by atoms with E-state index in [4.69, 9.17) is 16.3 Å². The average molecular weight is 493 g/mol. The van der Waals surface area contributed by atoms with Crippen molar-refractivity contribution < 1.29 is 18.7 Å². The number of rotatable bonds is 6. The number of aliphatic imine (C=N–C) groups is 1. The van der Waals surface area contributed by atoms with Crippen molar-refractivity contribution in [3.63, 3.8) is 0 Å². The lowest BCUT2D eigenvalue weighted by Gasteiger charge is -2.40. The van der Waals surface area contributed by atoms with Gasteiger partial charge in [-0.1, -0.05) is 11.6 Å². The Balaban J connectivity index is 2.14. The minimum Gasteiger partial charge on any atom is -0.444 e. The van der Waals surface area contributed by atoms with Crippen LogP contribution in [-0.2, 0) is 16.1 Å². The third-order valence-corrected chi connectivity index (χ3v) is 5.53. The molecule has 2 rings (SSSR count). The molecule has 1 aromatic rings. The summed E-state index contributed by atoms with van der Waals surface area (Å²) >= 11 is 6.35. The van der Waals surface area contributed by atoms with Crippen LogP contribution in [0.3, 0.4) is 0 Å². The maximum atomic E-state index is 13.4. The summed E-state index contributed by atoms with van der Waals surface area (Å²) in [5.74, 6) is -1.03. The van der Waals surface area contributed by atoms with Gasteiger partial charge in [0.1, 0.15) is 5.60 Å². The Kier molecular flexibility index (Phi) is 9.41. The van der Waals surface area contributed by atoms with E-state index < -0.39 is 17.3 Å². The second-order valence-corrected chi connectivity index (χ2v) is 9.88. The molecule has 0 bridgehead atoms. The van der Waals surface area contributed by atoms with Gasteiger partial charge in [-0.15, -0.1) is 0 Å². The first-order valence-corrected chi connectivity index (χ1v) is 11.5. The smallest absolute Gasteiger partial charge is 0.410 e. The van der Waals surface area contributed by atoms with Crippen molar-refractivity contribution in [2.24, 2.45) is 4.99 Å². The van der Waals surface area contributed by atoms with Gasteiger partial charge in [-0.2, -0.15) is 0 Å². The Morgan fingerprint density at radius 3 is 2.59 bits per heavy atom. The third kappa shape index (κ3) is 7.95. The number of nitrogens with zero attached hydrogens (tertiary/aromatic N) is 3. The van der Waals surface area contributed by atoms with Crippen LogP contribution in [0.15, 0.2) is 40.8 Å². The van der Waals surface area contributed by atoms with Gasteiger partial charge in [0.05, 0.1) is 11.4 Å². The van der Waals surface area contributed by atoms with Gasteiger partial charge >= 0.3 is 6.09 Å². The van der Waals surface area contributed by atoms with Crippen molar-refractivity contribution in [2.75, 3.05) is 25.0 Å². The monoisotopic (exact) mass is 492 g/mol. The van der Waals surface area contributed by atoms with Gasteiger partial charge in [0.15, 0.2) is 0 Å². The zero-order valence-corrected chi connectivity index (χ0v) is 21.5. The number of hydrogen-bond acceptors (Lipinski definition) is 5. The van der Waals surface area contributed by atoms with Crippen LogP contribution >= 0.6 is 11.6 Å². The Morgan fingerprint density at radius 1 is 1.35 bits per heavy atom. The van der Waals surface area contributed by atoms with E-state index in [2.05, 4.69) is 21.9 Å². The Labute approximate surface area is 206 Å². The van der Waals surface area contributed by atoms with Gasteiger partial charge < -0.3 is 15.0 Å². The van der Waals surface area contributed by atoms with E-state index in [1.54, 1.807) is 11.0 Å². The third-order valence-electron chi connectivity index (χ3n) is 5.31. The zero-order chi connectivity index (χ0) is 25.6. The lowest BCUT2D eigenvalue weighted by molar-refractivity contribution is -0.112. The first-order chi connectivity index (χ1) is 15.8. The molecular weight excluding hydrogens is 459 g/mol. The summed E-state index contributed by atoms with van der Waals surface area (Å²) in [6.45, 7) is 16.5. The highest BCUT2D eigenvalue weighted by molar-refractivity contribution is 6.31. The Morgan fingerprint density at radius 2 is 2.03 bits per heavy atom. The van der Waals surface area contributed by atoms with E-state index in [0.29, 0.717) is 36.9 Å². The molecule has 1 atom stereocenters. The van der Waals surface area contributed by atoms with Crippen LogP contribution in [0.1, 0.15) is 45.7 Å². The predicted octanol–water partition coefficient (Wildman–Crippen LogP) is 5.49. The second-order valence-electron chi connectivity index (χ2n) is 9.45. The van der Waals surface area contributed by atoms with Crippen LogP contribution in [0.25, 0.3) is 0 Å². The first-order valence-electron chi connectivity index (χ1n) is 11.1. The highest BCUT2D eigenvalue weighted by atomic mass is 35.5. The van der Waals surface area contributed by atoms with E-state index >= 15 is 0 Å². The summed E-state index contributed by atoms with van der Waals surface area (Å²) in [6, 6.07) is 3.51. The number of nitrogens with one attached hydrogen (secondary N) is 1. The molecule has 0 aromatic heterocycles. The van der Waals surface area contributed by atoms with Crippen LogP contribution in [0.2, 0.25) is 5.02 Å². The summed E-state index contributed by atoms with van der Waals surface area (Å²) in [7, 11) is 0. The highest BCUT2D eigenvalue weighted by Crippen LogP contribution is 2.27. The quantitative estimate of drug-likeness (QED) is 0.324. The van der Waals surface area contributed by atoms with E-state index in [1.165, 1.54) is 13.1 Å². The van der Waals surface area contributed by atoms with Crippen molar-refractivity contribution in [3.05, 3.63) is 52.0 Å². The predicted molar refractivity (Wildman–Crippen MR) is 135 cm³/mol. The van der Waals surface area contributed by atoms with Crippen molar-refractivity contribution in [2.45, 2.75) is 59.7 Å². The molecule has 1 saturated heterocycles. The van der Waals surface area contributed by atoms with Gasteiger partial charge in [-0.05, 0) is 77.6 Å². The van der Waals surface area contributed by atoms with Crippen LogP contribution in [-0.4, -0.2) is 59.8 Å². The number of ether oxygens (including phenoxy) is 1. The molecule has 1 aliphatic rings. The molecule has 7 nitrogen and oxygen atoms in total. The lowest BCUT2D eigenvalue weighted by Crippen LogP contribution is -2.54. The van der Waals surface area contributed by atoms with E-state index in [0.717, 1.165) is 17.2 Å². The zero-order valence-electron chi connectivity index (χ0n) is 20.7. The minimum absolute atomic E-state index is 0.0166. The highest BCUT2D eigenvalue weighted by Gasteiger charge is 2.31. The molecule has 2 amide bonds. The molecule has 1 aromatic carbocycles. The molecular formula is C25H34ClFN4O3. The van der Waals surface area contributed by atoms with Gasteiger partial charge in [-0.3, -0.25) is 14.7 Å². The molecule has 1 N–H and O–H groups in total. The van der Waals surface area contributed by atoms with Crippen molar-refractivity contribution in [1.82, 2.24) is 9.80 Å². The topological polar surface area (TPSA) is 74.2 Å². The second kappa shape index (κ2) is 11.6. The van der Waals surface area contributed by atoms with Crippen LogP contribution in [0, 0.1) is 6.92 Å². The molecule has 34 heavy (non-hydrogen) atoms. The summed E-state index contributed by atoms with van der Waals surface area (Å²) in [4.78, 5) is 32.7. The van der Waals surface area contributed by atoms with E-state index in [1.807, 2.05) is 40.7 Å². The van der Waals surface area contributed by atoms with Crippen LogP contribution < -0.4 is 5.32 Å². The maximum absolute atomic E-state index is 13.4. The molecule has 0 spiro atoms. The number of benzene rings is 1. The maximum Gasteiger partial charge on any atom is 0.410 e. The number of halogens is 2. The lowest BCUT2D eigenvalue weighted by atomic mass is 10.0. The minimum atomic E-state index is -0.540.